The largest absolute Gasteiger partial charge is 0.493 e. The number of nitrogens with zero attached hydrogens (tertiary/aromatic N) is 1. The molecule has 0 radical (unpaired) electrons. The molecule has 0 aliphatic heterocycles. The van der Waals surface area contributed by atoms with Crippen LogP contribution in [0.1, 0.15) is 32.8 Å². The van der Waals surface area contributed by atoms with Gasteiger partial charge in [-0.3, -0.25) is 9.68 Å². The molecule has 0 saturated carbocycles. The van der Waals surface area contributed by atoms with Gasteiger partial charge in [-0.15, -0.1) is 0 Å². The Labute approximate surface area is 127 Å². The van der Waals surface area contributed by atoms with Crippen LogP contribution in [-0.4, -0.2) is 38.7 Å². The Morgan fingerprint density at radius 2 is 1.76 bits per heavy atom. The van der Waals surface area contributed by atoms with Gasteiger partial charge in [0.2, 0.25) is 0 Å². The summed E-state index contributed by atoms with van der Waals surface area (Å²) in [5.74, 6) is 1.47. The first-order chi connectivity index (χ1) is 10.2. The summed E-state index contributed by atoms with van der Waals surface area (Å²) in [6.45, 7) is 7.33. The third-order valence-electron chi connectivity index (χ3n) is 3.02. The Bertz CT molecular complexity index is 411. The van der Waals surface area contributed by atoms with Gasteiger partial charge in [-0.05, 0) is 44.4 Å². The lowest BCUT2D eigenvalue weighted by Gasteiger charge is -2.26. The van der Waals surface area contributed by atoms with Crippen molar-refractivity contribution in [3.63, 3.8) is 0 Å². The SMILES string of the molecule is CCCON(OCC)C(C)Cc1ccc(OC)c(OC)c1. The molecule has 0 saturated heterocycles. The molecule has 21 heavy (non-hydrogen) atoms. The molecule has 1 rings (SSSR count). The molecule has 0 N–H and O–H groups in total. The molecule has 0 bridgehead atoms. The fraction of sp³-hybridized carbons (Fsp3) is 0.625. The fourth-order valence-corrected chi connectivity index (χ4v) is 2.02. The first-order valence-corrected chi connectivity index (χ1v) is 7.42. The molecule has 0 fully saturated rings. The maximum atomic E-state index is 5.62. The molecule has 5 heteroatoms. The maximum absolute atomic E-state index is 5.62. The summed E-state index contributed by atoms with van der Waals surface area (Å²) in [5, 5.41) is 1.60. The van der Waals surface area contributed by atoms with Crippen LogP contribution in [-0.2, 0) is 16.1 Å². The van der Waals surface area contributed by atoms with Crippen LogP contribution >= 0.6 is 0 Å². The van der Waals surface area contributed by atoms with Gasteiger partial charge in [0.1, 0.15) is 0 Å². The summed E-state index contributed by atoms with van der Waals surface area (Å²) in [6.07, 6.45) is 1.75. The maximum Gasteiger partial charge on any atom is 0.160 e. The molecule has 0 aromatic heterocycles. The Kier molecular flexibility index (Phi) is 8.12. The third kappa shape index (κ3) is 5.53. The van der Waals surface area contributed by atoms with Crippen molar-refractivity contribution in [2.24, 2.45) is 0 Å². The first-order valence-electron chi connectivity index (χ1n) is 7.42. The van der Waals surface area contributed by atoms with E-state index in [4.69, 9.17) is 19.1 Å². The fourth-order valence-electron chi connectivity index (χ4n) is 2.02. The molecule has 5 nitrogen and oxygen atoms in total. The van der Waals surface area contributed by atoms with Gasteiger partial charge in [0.25, 0.3) is 0 Å². The monoisotopic (exact) mass is 297 g/mol. The van der Waals surface area contributed by atoms with Gasteiger partial charge in [-0.25, -0.2) is 0 Å². The van der Waals surface area contributed by atoms with Crippen molar-refractivity contribution in [2.45, 2.75) is 39.7 Å². The topological polar surface area (TPSA) is 40.2 Å². The zero-order chi connectivity index (χ0) is 15.7. The minimum Gasteiger partial charge on any atom is -0.493 e. The Hall–Kier alpha value is -1.30. The predicted octanol–water partition coefficient (Wildman–Crippen LogP) is 3.23. The minimum absolute atomic E-state index is 0.106. The summed E-state index contributed by atoms with van der Waals surface area (Å²) in [5.41, 5.74) is 1.14. The van der Waals surface area contributed by atoms with Crippen LogP contribution in [0.2, 0.25) is 0 Å². The van der Waals surface area contributed by atoms with Crippen LogP contribution in [0.3, 0.4) is 0 Å². The van der Waals surface area contributed by atoms with Crippen LogP contribution < -0.4 is 9.47 Å². The lowest BCUT2D eigenvalue weighted by atomic mass is 10.1. The number of rotatable bonds is 10. The van der Waals surface area contributed by atoms with E-state index in [2.05, 4.69) is 13.8 Å². The Morgan fingerprint density at radius 1 is 1.05 bits per heavy atom. The highest BCUT2D eigenvalue weighted by atomic mass is 16.9. The van der Waals surface area contributed by atoms with Gasteiger partial charge in [-0.1, -0.05) is 18.2 Å². The lowest BCUT2D eigenvalue weighted by Crippen LogP contribution is -2.35. The van der Waals surface area contributed by atoms with E-state index in [1.165, 1.54) is 0 Å². The van der Waals surface area contributed by atoms with E-state index in [0.717, 1.165) is 29.9 Å². The standard InChI is InChI=1S/C16H27NO4/c1-6-10-21-17(20-7-2)13(3)11-14-8-9-15(18-4)16(12-14)19-5/h8-9,12-13H,6-7,10-11H2,1-5H3. The molecule has 0 heterocycles. The normalized spacial score (nSPS) is 12.5. The van der Waals surface area contributed by atoms with E-state index in [1.807, 2.05) is 25.1 Å². The Balaban J connectivity index is 2.73. The van der Waals surface area contributed by atoms with Crippen molar-refractivity contribution in [3.05, 3.63) is 23.8 Å². The van der Waals surface area contributed by atoms with Crippen LogP contribution in [0.4, 0.5) is 0 Å². The third-order valence-corrected chi connectivity index (χ3v) is 3.02. The molecule has 0 amide bonds. The number of benzene rings is 1. The van der Waals surface area contributed by atoms with Crippen molar-refractivity contribution in [2.75, 3.05) is 27.4 Å². The molecular weight excluding hydrogens is 270 g/mol. The van der Waals surface area contributed by atoms with Crippen molar-refractivity contribution in [1.29, 1.82) is 0 Å². The average Bonchev–Trinajstić information content (AvgIpc) is 2.51. The number of ether oxygens (including phenoxy) is 2. The first kappa shape index (κ1) is 17.8. The van der Waals surface area contributed by atoms with Crippen molar-refractivity contribution >= 4 is 0 Å². The minimum atomic E-state index is 0.106. The molecule has 1 atom stereocenters. The van der Waals surface area contributed by atoms with E-state index in [9.17, 15) is 0 Å². The quantitative estimate of drug-likeness (QED) is 0.620. The molecule has 1 aromatic rings. The number of hydrogen-bond donors (Lipinski definition) is 0. The van der Waals surface area contributed by atoms with E-state index in [-0.39, 0.29) is 6.04 Å². The average molecular weight is 297 g/mol. The van der Waals surface area contributed by atoms with E-state index in [0.29, 0.717) is 13.2 Å². The molecule has 0 aliphatic carbocycles. The van der Waals surface area contributed by atoms with Gasteiger partial charge in [-0.2, -0.15) is 0 Å². The molecule has 1 unspecified atom stereocenters. The van der Waals surface area contributed by atoms with E-state index < -0.39 is 0 Å². The second-order valence-electron chi connectivity index (χ2n) is 4.78. The summed E-state index contributed by atoms with van der Waals surface area (Å²) < 4.78 is 10.6. The van der Waals surface area contributed by atoms with Gasteiger partial charge >= 0.3 is 0 Å². The highest BCUT2D eigenvalue weighted by Crippen LogP contribution is 2.28. The van der Waals surface area contributed by atoms with Crippen LogP contribution in [0.25, 0.3) is 0 Å². The molecule has 0 spiro atoms. The second kappa shape index (κ2) is 9.60. The summed E-state index contributed by atoms with van der Waals surface area (Å²) in [7, 11) is 3.28. The number of hydrogen-bond acceptors (Lipinski definition) is 5. The molecule has 120 valence electrons. The zero-order valence-electron chi connectivity index (χ0n) is 13.7. The zero-order valence-corrected chi connectivity index (χ0v) is 13.7. The van der Waals surface area contributed by atoms with Gasteiger partial charge in [0.05, 0.1) is 33.5 Å². The van der Waals surface area contributed by atoms with Crippen molar-refractivity contribution < 1.29 is 19.1 Å². The molecule has 1 aromatic carbocycles. The number of hydroxylamine groups is 2. The van der Waals surface area contributed by atoms with Crippen molar-refractivity contribution in [3.8, 4) is 11.5 Å². The van der Waals surface area contributed by atoms with Crippen molar-refractivity contribution in [1.82, 2.24) is 5.23 Å². The predicted molar refractivity (Wildman–Crippen MR) is 82.4 cm³/mol. The van der Waals surface area contributed by atoms with Crippen LogP contribution in [0, 0.1) is 0 Å². The Morgan fingerprint density at radius 3 is 2.33 bits per heavy atom. The highest BCUT2D eigenvalue weighted by molar-refractivity contribution is 5.43. The molecular formula is C16H27NO4. The summed E-state index contributed by atoms with van der Waals surface area (Å²) in [6, 6.07) is 6.04. The summed E-state index contributed by atoms with van der Waals surface area (Å²) >= 11 is 0. The summed E-state index contributed by atoms with van der Waals surface area (Å²) in [4.78, 5) is 11.2. The highest BCUT2D eigenvalue weighted by Gasteiger charge is 2.16. The number of methoxy groups -OCH3 is 2. The van der Waals surface area contributed by atoms with E-state index in [1.54, 1.807) is 19.4 Å². The van der Waals surface area contributed by atoms with Crippen LogP contribution in [0.15, 0.2) is 18.2 Å². The van der Waals surface area contributed by atoms with Gasteiger partial charge in [0.15, 0.2) is 11.5 Å². The molecule has 0 aliphatic rings. The smallest absolute Gasteiger partial charge is 0.160 e. The van der Waals surface area contributed by atoms with Gasteiger partial charge in [0, 0.05) is 0 Å². The van der Waals surface area contributed by atoms with Gasteiger partial charge < -0.3 is 9.47 Å². The second-order valence-corrected chi connectivity index (χ2v) is 4.78. The van der Waals surface area contributed by atoms with E-state index >= 15 is 0 Å². The lowest BCUT2D eigenvalue weighted by molar-refractivity contribution is -0.384. The van der Waals surface area contributed by atoms with Crippen LogP contribution in [0.5, 0.6) is 11.5 Å².